The Bertz CT molecular complexity index is 1160. The number of fused-ring (bicyclic) bond motifs is 3. The van der Waals surface area contributed by atoms with Crippen LogP contribution in [0.1, 0.15) is 35.4 Å². The summed E-state index contributed by atoms with van der Waals surface area (Å²) < 4.78 is 5.52. The maximum Gasteiger partial charge on any atom is 0.161 e. The summed E-state index contributed by atoms with van der Waals surface area (Å²) in [5.74, 6) is 1.33. The van der Waals surface area contributed by atoms with E-state index in [4.69, 9.17) is 14.7 Å². The molecule has 0 saturated carbocycles. The van der Waals surface area contributed by atoms with Gasteiger partial charge in [-0.15, -0.1) is 0 Å². The van der Waals surface area contributed by atoms with E-state index in [2.05, 4.69) is 24.1 Å². The molecule has 0 radical (unpaired) electrons. The fraction of sp³-hybridized carbons (Fsp3) is 0.440. The number of hydrogen-bond acceptors (Lipinski definition) is 5. The summed E-state index contributed by atoms with van der Waals surface area (Å²) in [6.07, 6.45) is 4.89. The van der Waals surface area contributed by atoms with Gasteiger partial charge in [-0.1, -0.05) is 18.2 Å². The Morgan fingerprint density at radius 2 is 1.83 bits per heavy atom. The van der Waals surface area contributed by atoms with Gasteiger partial charge in [-0.25, -0.2) is 9.97 Å². The van der Waals surface area contributed by atoms with Crippen LogP contribution in [0.4, 0.5) is 0 Å². The van der Waals surface area contributed by atoms with Crippen LogP contribution < -0.4 is 4.74 Å². The third-order valence-electron chi connectivity index (χ3n) is 7.87. The van der Waals surface area contributed by atoms with Crippen molar-refractivity contribution in [3.8, 4) is 11.5 Å². The lowest BCUT2D eigenvalue weighted by atomic mass is 9.54. The molecule has 1 N–H and O–H groups in total. The van der Waals surface area contributed by atoms with Crippen LogP contribution in [0.25, 0.3) is 11.0 Å². The number of para-hydroxylation sites is 2. The van der Waals surface area contributed by atoms with Crippen LogP contribution in [0.2, 0.25) is 0 Å². The van der Waals surface area contributed by atoms with E-state index in [0.29, 0.717) is 23.5 Å². The lowest BCUT2D eigenvalue weighted by Gasteiger charge is -2.52. The maximum atomic E-state index is 11.3. The van der Waals surface area contributed by atoms with Crippen molar-refractivity contribution in [1.82, 2.24) is 14.9 Å². The van der Waals surface area contributed by atoms with Gasteiger partial charge in [0.25, 0.3) is 0 Å². The van der Waals surface area contributed by atoms with Gasteiger partial charge in [-0.2, -0.15) is 0 Å². The van der Waals surface area contributed by atoms with Crippen LogP contribution in [-0.4, -0.2) is 46.7 Å². The lowest BCUT2D eigenvalue weighted by Crippen LogP contribution is -2.55. The Morgan fingerprint density at radius 3 is 2.60 bits per heavy atom. The van der Waals surface area contributed by atoms with Crippen LogP contribution in [0.15, 0.2) is 36.4 Å². The number of methoxy groups -OCH3 is 1. The van der Waals surface area contributed by atoms with Crippen LogP contribution in [-0.2, 0) is 24.7 Å². The van der Waals surface area contributed by atoms with Crippen molar-refractivity contribution in [2.45, 2.75) is 43.6 Å². The van der Waals surface area contributed by atoms with Crippen LogP contribution >= 0.6 is 0 Å². The SMILES string of the molecule is COc1ccc2c(c1O)[C@@]13CCCN(C)[C@@H](C2)[C@@H]1Cc1nc2ccccc2nc1C3. The highest BCUT2D eigenvalue weighted by Gasteiger charge is 2.55. The number of likely N-dealkylation sites (tertiary alicyclic amines) is 1. The Balaban J connectivity index is 1.61. The highest BCUT2D eigenvalue weighted by Crippen LogP contribution is 2.57. The van der Waals surface area contributed by atoms with Crippen LogP contribution in [0, 0.1) is 5.92 Å². The van der Waals surface area contributed by atoms with Crippen LogP contribution in [0.5, 0.6) is 11.5 Å². The van der Waals surface area contributed by atoms with Crippen molar-refractivity contribution in [1.29, 1.82) is 0 Å². The van der Waals surface area contributed by atoms with Gasteiger partial charge in [0.2, 0.25) is 0 Å². The zero-order chi connectivity index (χ0) is 20.5. The largest absolute Gasteiger partial charge is 0.504 e. The van der Waals surface area contributed by atoms with E-state index < -0.39 is 0 Å². The van der Waals surface area contributed by atoms with Gasteiger partial charge in [0.15, 0.2) is 11.5 Å². The molecule has 0 amide bonds. The van der Waals surface area contributed by atoms with Crippen molar-refractivity contribution >= 4 is 11.0 Å². The summed E-state index contributed by atoms with van der Waals surface area (Å²) >= 11 is 0. The van der Waals surface area contributed by atoms with E-state index in [1.54, 1.807) is 7.11 Å². The Labute approximate surface area is 176 Å². The predicted molar refractivity (Wildman–Crippen MR) is 116 cm³/mol. The van der Waals surface area contributed by atoms with Gasteiger partial charge in [0.1, 0.15) is 0 Å². The highest BCUT2D eigenvalue weighted by molar-refractivity contribution is 5.74. The number of aromatic nitrogens is 2. The number of hydrogen-bond donors (Lipinski definition) is 1. The second-order valence-electron chi connectivity index (χ2n) is 9.26. The molecule has 2 heterocycles. The number of phenols is 1. The van der Waals surface area contributed by atoms with Crippen molar-refractivity contribution in [2.24, 2.45) is 5.92 Å². The van der Waals surface area contributed by atoms with Gasteiger partial charge in [0.05, 0.1) is 29.5 Å². The minimum absolute atomic E-state index is 0.119. The molecule has 154 valence electrons. The Morgan fingerprint density at radius 1 is 1.07 bits per heavy atom. The number of aromatic hydroxyl groups is 1. The Hall–Kier alpha value is -2.66. The van der Waals surface area contributed by atoms with E-state index in [1.807, 2.05) is 24.3 Å². The molecule has 2 bridgehead atoms. The summed E-state index contributed by atoms with van der Waals surface area (Å²) in [6.45, 7) is 1.09. The highest BCUT2D eigenvalue weighted by atomic mass is 16.5. The first-order chi connectivity index (χ1) is 14.6. The number of likely N-dealkylation sites (N-methyl/N-ethyl adjacent to an activating group) is 1. The van der Waals surface area contributed by atoms with E-state index >= 15 is 0 Å². The molecule has 6 rings (SSSR count). The number of rotatable bonds is 1. The normalized spacial score (nSPS) is 27.7. The summed E-state index contributed by atoms with van der Waals surface area (Å²) in [4.78, 5) is 12.6. The van der Waals surface area contributed by atoms with Crippen molar-refractivity contribution in [3.05, 3.63) is 58.9 Å². The first kappa shape index (κ1) is 18.1. The number of benzene rings is 2. The van der Waals surface area contributed by atoms with E-state index in [9.17, 15) is 5.11 Å². The van der Waals surface area contributed by atoms with Crippen molar-refractivity contribution in [2.75, 3.05) is 20.7 Å². The first-order valence-electron chi connectivity index (χ1n) is 10.9. The molecular weight excluding hydrogens is 374 g/mol. The standard InChI is InChI=1S/C25H27N3O2/c1-28-11-5-10-25-14-20-19(26-17-6-3-4-7-18(17)27-20)13-16(25)21(28)12-15-8-9-22(30-2)24(29)23(15)25/h3-4,6-9,16,21,29H,5,10-14H2,1-2H3/t16-,21-,25+/m0/s1. The number of ether oxygens (including phenoxy) is 1. The average Bonchev–Trinajstić information content (AvgIpc) is 2.84. The molecule has 0 spiro atoms. The summed E-state index contributed by atoms with van der Waals surface area (Å²) in [6, 6.07) is 12.7. The zero-order valence-corrected chi connectivity index (χ0v) is 17.6. The molecule has 30 heavy (non-hydrogen) atoms. The summed E-state index contributed by atoms with van der Waals surface area (Å²) in [5.41, 5.74) is 6.43. The zero-order valence-electron chi connectivity index (χ0n) is 17.6. The molecule has 1 saturated heterocycles. The van der Waals surface area contributed by atoms with Gasteiger partial charge < -0.3 is 14.7 Å². The molecule has 2 aliphatic carbocycles. The molecule has 2 aromatic carbocycles. The minimum Gasteiger partial charge on any atom is -0.504 e. The van der Waals surface area contributed by atoms with Gasteiger partial charge >= 0.3 is 0 Å². The van der Waals surface area contributed by atoms with E-state index in [1.165, 1.54) is 5.56 Å². The van der Waals surface area contributed by atoms with Gasteiger partial charge in [-0.3, -0.25) is 0 Å². The number of phenolic OH excluding ortho intramolecular Hbond substituents is 1. The first-order valence-corrected chi connectivity index (χ1v) is 10.9. The molecule has 1 aromatic heterocycles. The molecule has 5 heteroatoms. The second kappa shape index (κ2) is 6.42. The molecular formula is C25H27N3O2. The third kappa shape index (κ3) is 2.38. The topological polar surface area (TPSA) is 58.5 Å². The average molecular weight is 402 g/mol. The minimum atomic E-state index is -0.119. The van der Waals surface area contributed by atoms with Gasteiger partial charge in [-0.05, 0) is 69.0 Å². The third-order valence-corrected chi connectivity index (χ3v) is 7.87. The molecule has 3 aliphatic rings. The van der Waals surface area contributed by atoms with Crippen LogP contribution in [0.3, 0.4) is 0 Å². The van der Waals surface area contributed by atoms with Crippen molar-refractivity contribution in [3.63, 3.8) is 0 Å². The fourth-order valence-electron chi connectivity index (χ4n) is 6.53. The van der Waals surface area contributed by atoms with E-state index in [-0.39, 0.29) is 5.41 Å². The smallest absolute Gasteiger partial charge is 0.161 e. The van der Waals surface area contributed by atoms with E-state index in [0.717, 1.165) is 66.6 Å². The van der Waals surface area contributed by atoms with Gasteiger partial charge in [0, 0.05) is 23.4 Å². The molecule has 3 atom stereocenters. The Kier molecular flexibility index (Phi) is 3.88. The predicted octanol–water partition coefficient (Wildman–Crippen LogP) is 3.65. The molecule has 1 aliphatic heterocycles. The molecule has 1 fully saturated rings. The monoisotopic (exact) mass is 401 g/mol. The fourth-order valence-corrected chi connectivity index (χ4v) is 6.53. The second-order valence-corrected chi connectivity index (χ2v) is 9.26. The van der Waals surface area contributed by atoms with Crippen molar-refractivity contribution < 1.29 is 9.84 Å². The molecule has 5 nitrogen and oxygen atoms in total. The summed E-state index contributed by atoms with van der Waals surface area (Å²) in [5, 5.41) is 11.3. The maximum absolute atomic E-state index is 11.3. The molecule has 0 unspecified atom stereocenters. The quantitative estimate of drug-likeness (QED) is 0.675. The summed E-state index contributed by atoms with van der Waals surface area (Å²) in [7, 11) is 3.90. The molecule has 3 aromatic rings. The number of nitrogens with zero attached hydrogens (tertiary/aromatic N) is 3. The lowest BCUT2D eigenvalue weighted by molar-refractivity contribution is 0.107.